The molecule has 0 amide bonds. The van der Waals surface area contributed by atoms with Gasteiger partial charge in [0.05, 0.1) is 16.8 Å². The SMILES string of the molecule is CCCCC1(CCCC)CS(=O)(=O)c2ccc(N(C)C)cc2[C@@H](c2cccc(NS(=O)N(C)CC(=O)O)c2)[C@H]1O. The first-order chi connectivity index (χ1) is 18.8. The molecule has 2 aromatic rings. The number of aliphatic hydroxyl groups excluding tert-OH is 1. The first-order valence-electron chi connectivity index (χ1n) is 13.8. The van der Waals surface area contributed by atoms with Crippen LogP contribution in [-0.4, -0.2) is 72.7 Å². The minimum absolute atomic E-state index is 0.117. The Hall–Kier alpha value is -2.47. The zero-order valence-electron chi connectivity index (χ0n) is 24.1. The lowest BCUT2D eigenvalue weighted by Gasteiger charge is -2.40. The molecule has 1 aliphatic rings. The van der Waals surface area contributed by atoms with Crippen molar-refractivity contribution in [2.45, 2.75) is 69.3 Å². The van der Waals surface area contributed by atoms with E-state index >= 15 is 0 Å². The maximum atomic E-state index is 14.0. The van der Waals surface area contributed by atoms with Crippen molar-refractivity contribution in [2.75, 3.05) is 43.1 Å². The largest absolute Gasteiger partial charge is 0.480 e. The van der Waals surface area contributed by atoms with Crippen molar-refractivity contribution in [3.05, 3.63) is 53.6 Å². The highest BCUT2D eigenvalue weighted by Crippen LogP contribution is 2.50. The Balaban J connectivity index is 2.21. The van der Waals surface area contributed by atoms with Crippen LogP contribution in [0.15, 0.2) is 47.4 Å². The van der Waals surface area contributed by atoms with E-state index in [1.54, 1.807) is 30.3 Å². The van der Waals surface area contributed by atoms with Crippen LogP contribution in [-0.2, 0) is 25.8 Å². The smallest absolute Gasteiger partial charge is 0.318 e. The average Bonchev–Trinajstić information content (AvgIpc) is 2.96. The van der Waals surface area contributed by atoms with Gasteiger partial charge in [-0.2, -0.15) is 4.31 Å². The second kappa shape index (κ2) is 13.5. The van der Waals surface area contributed by atoms with Gasteiger partial charge in [-0.15, -0.1) is 0 Å². The molecular weight excluding hydrogens is 550 g/mol. The fourth-order valence-corrected chi connectivity index (χ4v) is 8.52. The van der Waals surface area contributed by atoms with Crippen molar-refractivity contribution in [1.29, 1.82) is 0 Å². The molecule has 0 saturated carbocycles. The molecule has 0 fully saturated rings. The minimum Gasteiger partial charge on any atom is -0.480 e. The maximum absolute atomic E-state index is 14.0. The molecule has 0 radical (unpaired) electrons. The van der Waals surface area contributed by atoms with E-state index < -0.39 is 51.0 Å². The Kier molecular flexibility index (Phi) is 10.8. The van der Waals surface area contributed by atoms with Crippen LogP contribution < -0.4 is 9.62 Å². The van der Waals surface area contributed by atoms with Gasteiger partial charge in [-0.25, -0.2) is 12.6 Å². The van der Waals surface area contributed by atoms with Gasteiger partial charge in [0.15, 0.2) is 21.0 Å². The van der Waals surface area contributed by atoms with Crippen molar-refractivity contribution in [3.63, 3.8) is 0 Å². The molecule has 0 aliphatic carbocycles. The summed E-state index contributed by atoms with van der Waals surface area (Å²) in [6.07, 6.45) is 3.59. The van der Waals surface area contributed by atoms with Crippen molar-refractivity contribution >= 4 is 38.4 Å². The number of carboxylic acid groups (broad SMARTS) is 1. The van der Waals surface area contributed by atoms with Crippen molar-refractivity contribution in [3.8, 4) is 0 Å². The summed E-state index contributed by atoms with van der Waals surface area (Å²) in [5.41, 5.74) is 1.72. The van der Waals surface area contributed by atoms with E-state index in [4.69, 9.17) is 5.11 Å². The second-order valence-corrected chi connectivity index (χ2v) is 14.3. The van der Waals surface area contributed by atoms with Gasteiger partial charge in [-0.3, -0.25) is 9.52 Å². The number of benzene rings is 2. The standard InChI is InChI=1S/C29H43N3O6S2/c1-6-8-15-29(16-9-7-2)20-40(37,38)25-14-13-23(31(3)4)18-24(25)27(28(29)35)21-11-10-12-22(17-21)30-39(36)32(5)19-26(33)34/h10-14,17-18,27-28,30,35H,6-9,15-16,19-20H2,1-5H3,(H,33,34)/t27-,28-,39?/m1/s1. The third kappa shape index (κ3) is 7.23. The van der Waals surface area contributed by atoms with E-state index in [1.807, 2.05) is 31.1 Å². The quantitative estimate of drug-likeness (QED) is 0.314. The Morgan fingerprint density at radius 1 is 1.07 bits per heavy atom. The molecule has 0 bridgehead atoms. The molecule has 3 rings (SSSR count). The minimum atomic E-state index is -3.72. The molecule has 0 spiro atoms. The topological polar surface area (TPSA) is 127 Å². The number of sulfone groups is 1. The molecule has 222 valence electrons. The number of likely N-dealkylation sites (N-methyl/N-ethyl adjacent to an activating group) is 1. The van der Waals surface area contributed by atoms with E-state index in [0.29, 0.717) is 29.7 Å². The van der Waals surface area contributed by atoms with Crippen LogP contribution in [0.4, 0.5) is 11.4 Å². The Morgan fingerprint density at radius 2 is 1.73 bits per heavy atom. The summed E-state index contributed by atoms with van der Waals surface area (Å²) >= 11 is -1.82. The number of hydrogen-bond donors (Lipinski definition) is 3. The van der Waals surface area contributed by atoms with Gasteiger partial charge in [0.1, 0.15) is 6.54 Å². The third-order valence-corrected chi connectivity index (χ3v) is 10.9. The predicted octanol–water partition coefficient (Wildman–Crippen LogP) is 4.41. The zero-order chi connectivity index (χ0) is 29.7. The van der Waals surface area contributed by atoms with E-state index in [2.05, 4.69) is 18.6 Å². The summed E-state index contributed by atoms with van der Waals surface area (Å²) in [7, 11) is 1.50. The highest BCUT2D eigenvalue weighted by Gasteiger charge is 2.49. The summed E-state index contributed by atoms with van der Waals surface area (Å²) in [6.45, 7) is 3.73. The van der Waals surface area contributed by atoms with Gasteiger partial charge in [0.25, 0.3) is 0 Å². The van der Waals surface area contributed by atoms with Gasteiger partial charge in [0.2, 0.25) is 0 Å². The van der Waals surface area contributed by atoms with Gasteiger partial charge in [-0.05, 0) is 54.3 Å². The molecule has 1 heterocycles. The van der Waals surface area contributed by atoms with E-state index in [0.717, 1.165) is 31.4 Å². The average molecular weight is 594 g/mol. The Labute approximate surface area is 241 Å². The monoisotopic (exact) mass is 593 g/mol. The number of nitrogens with one attached hydrogen (secondary N) is 1. The Morgan fingerprint density at radius 3 is 2.30 bits per heavy atom. The maximum Gasteiger partial charge on any atom is 0.318 e. The number of hydrogen-bond acceptors (Lipinski definition) is 6. The molecule has 1 aliphatic heterocycles. The fraction of sp³-hybridized carbons (Fsp3) is 0.552. The third-order valence-electron chi connectivity index (χ3n) is 7.75. The van der Waals surface area contributed by atoms with Crippen molar-refractivity contribution in [2.24, 2.45) is 5.41 Å². The van der Waals surface area contributed by atoms with Crippen LogP contribution in [0.5, 0.6) is 0 Å². The molecule has 2 aromatic carbocycles. The summed E-state index contributed by atoms with van der Waals surface area (Å²) in [5.74, 6) is -1.86. The lowest BCUT2D eigenvalue weighted by Crippen LogP contribution is -2.43. The molecule has 1 unspecified atom stereocenters. The Bertz CT molecular complexity index is 1310. The molecule has 40 heavy (non-hydrogen) atoms. The van der Waals surface area contributed by atoms with Gasteiger partial charge >= 0.3 is 5.97 Å². The van der Waals surface area contributed by atoms with Crippen LogP contribution in [0, 0.1) is 5.41 Å². The second-order valence-electron chi connectivity index (χ2n) is 11.0. The van der Waals surface area contributed by atoms with E-state index in [1.165, 1.54) is 11.4 Å². The zero-order valence-corrected chi connectivity index (χ0v) is 25.7. The van der Waals surface area contributed by atoms with E-state index in [9.17, 15) is 22.5 Å². The highest BCUT2D eigenvalue weighted by molar-refractivity contribution is 7.91. The number of fused-ring (bicyclic) bond motifs is 1. The van der Waals surface area contributed by atoms with Gasteiger partial charge < -0.3 is 15.1 Å². The van der Waals surface area contributed by atoms with Crippen LogP contribution in [0.1, 0.15) is 69.4 Å². The number of rotatable bonds is 13. The van der Waals surface area contributed by atoms with Gasteiger partial charge in [-0.1, -0.05) is 51.7 Å². The molecular formula is C29H43N3O6S2. The number of carboxylic acids is 1. The lowest BCUT2D eigenvalue weighted by atomic mass is 9.68. The summed E-state index contributed by atoms with van der Waals surface area (Å²) in [4.78, 5) is 13.2. The number of aliphatic carboxylic acids is 1. The number of aliphatic hydroxyl groups is 1. The molecule has 3 atom stereocenters. The molecule has 11 heteroatoms. The van der Waals surface area contributed by atoms with Crippen LogP contribution in [0.25, 0.3) is 0 Å². The van der Waals surface area contributed by atoms with Crippen LogP contribution in [0.2, 0.25) is 0 Å². The highest BCUT2D eigenvalue weighted by atomic mass is 32.2. The first kappa shape index (κ1) is 32.0. The summed E-state index contributed by atoms with van der Waals surface area (Å²) in [5, 5.41) is 21.4. The normalized spacial score (nSPS) is 20.4. The lowest BCUT2D eigenvalue weighted by molar-refractivity contribution is -0.136. The first-order valence-corrected chi connectivity index (χ1v) is 16.5. The predicted molar refractivity (Wildman–Crippen MR) is 161 cm³/mol. The van der Waals surface area contributed by atoms with Crippen molar-refractivity contribution in [1.82, 2.24) is 4.31 Å². The van der Waals surface area contributed by atoms with E-state index in [-0.39, 0.29) is 10.6 Å². The fourth-order valence-electron chi connectivity index (χ4n) is 5.61. The number of nitrogens with zero attached hydrogens (tertiary/aromatic N) is 2. The summed E-state index contributed by atoms with van der Waals surface area (Å²) in [6, 6.07) is 12.4. The van der Waals surface area contributed by atoms with Crippen LogP contribution in [0.3, 0.4) is 0 Å². The van der Waals surface area contributed by atoms with Crippen molar-refractivity contribution < 1.29 is 27.6 Å². The van der Waals surface area contributed by atoms with Crippen LogP contribution >= 0.6 is 0 Å². The summed E-state index contributed by atoms with van der Waals surface area (Å²) < 4.78 is 44.7. The molecule has 3 N–H and O–H groups in total. The number of carbonyl (C=O) groups is 1. The number of anilines is 2. The molecule has 9 nitrogen and oxygen atoms in total. The molecule has 0 saturated heterocycles. The number of unbranched alkanes of at least 4 members (excludes halogenated alkanes) is 2. The molecule has 0 aromatic heterocycles. The van der Waals surface area contributed by atoms with Gasteiger partial charge in [0, 0.05) is 43.9 Å².